The summed E-state index contributed by atoms with van der Waals surface area (Å²) in [6, 6.07) is 15.5. The van der Waals surface area contributed by atoms with Crippen LogP contribution in [0.5, 0.6) is 5.75 Å². The molecular formula is C32H33F3O. The molecule has 1 aliphatic carbocycles. The Balaban J connectivity index is 1.42. The Labute approximate surface area is 212 Å². The van der Waals surface area contributed by atoms with E-state index in [4.69, 9.17) is 4.74 Å². The summed E-state index contributed by atoms with van der Waals surface area (Å²) in [5.74, 6) is -0.914. The zero-order chi connectivity index (χ0) is 25.5. The first-order chi connectivity index (χ1) is 17.5. The molecule has 0 aromatic heterocycles. The lowest BCUT2D eigenvalue weighted by atomic mass is 9.79. The number of rotatable bonds is 9. The van der Waals surface area contributed by atoms with Gasteiger partial charge in [-0.25, -0.2) is 13.2 Å². The lowest BCUT2D eigenvalue weighted by molar-refractivity contribution is 0.296. The van der Waals surface area contributed by atoms with Crippen LogP contribution in [0.1, 0.15) is 68.1 Å². The van der Waals surface area contributed by atoms with Crippen LogP contribution in [0.4, 0.5) is 13.2 Å². The van der Waals surface area contributed by atoms with Crippen molar-refractivity contribution in [1.29, 1.82) is 0 Å². The van der Waals surface area contributed by atoms with Gasteiger partial charge in [0.15, 0.2) is 23.2 Å². The smallest absolute Gasteiger partial charge is 0.166 e. The van der Waals surface area contributed by atoms with Crippen LogP contribution in [0.2, 0.25) is 0 Å². The molecule has 0 N–H and O–H groups in total. The second-order valence-electron chi connectivity index (χ2n) is 9.71. The van der Waals surface area contributed by atoms with E-state index >= 15 is 0 Å². The van der Waals surface area contributed by atoms with Crippen LogP contribution >= 0.6 is 0 Å². The summed E-state index contributed by atoms with van der Waals surface area (Å²) in [4.78, 5) is 0. The third kappa shape index (κ3) is 6.29. The van der Waals surface area contributed by atoms with Gasteiger partial charge in [0.2, 0.25) is 0 Å². The van der Waals surface area contributed by atoms with Crippen LogP contribution < -0.4 is 4.74 Å². The number of unbranched alkanes of at least 4 members (excludes halogenated alkanes) is 1. The highest BCUT2D eigenvalue weighted by Gasteiger charge is 2.25. The monoisotopic (exact) mass is 490 g/mol. The summed E-state index contributed by atoms with van der Waals surface area (Å²) in [6.45, 7) is 6.32. The minimum Gasteiger partial charge on any atom is -0.491 e. The van der Waals surface area contributed by atoms with Crippen molar-refractivity contribution in [3.8, 4) is 16.9 Å². The van der Waals surface area contributed by atoms with E-state index in [9.17, 15) is 13.2 Å². The molecule has 0 aliphatic heterocycles. The van der Waals surface area contributed by atoms with Gasteiger partial charge in [0.1, 0.15) is 0 Å². The molecule has 0 atom stereocenters. The largest absolute Gasteiger partial charge is 0.491 e. The van der Waals surface area contributed by atoms with Crippen molar-refractivity contribution in [2.75, 3.05) is 6.61 Å². The van der Waals surface area contributed by atoms with Gasteiger partial charge in [-0.15, -0.1) is 6.58 Å². The van der Waals surface area contributed by atoms with Gasteiger partial charge in [-0.2, -0.15) is 0 Å². The number of benzene rings is 3. The molecule has 4 rings (SSSR count). The molecule has 1 fully saturated rings. The van der Waals surface area contributed by atoms with Gasteiger partial charge in [-0.1, -0.05) is 80.5 Å². The van der Waals surface area contributed by atoms with E-state index in [0.29, 0.717) is 29.2 Å². The number of allylic oxidation sites excluding steroid dienone is 1. The third-order valence-electron chi connectivity index (χ3n) is 7.02. The van der Waals surface area contributed by atoms with Crippen LogP contribution in [0.3, 0.4) is 0 Å². The van der Waals surface area contributed by atoms with Crippen LogP contribution in [0.25, 0.3) is 23.3 Å². The average Bonchev–Trinajstić information content (AvgIpc) is 2.89. The molecule has 3 aromatic carbocycles. The highest BCUT2D eigenvalue weighted by atomic mass is 19.2. The maximum Gasteiger partial charge on any atom is 0.166 e. The Morgan fingerprint density at radius 1 is 0.861 bits per heavy atom. The fraction of sp³-hybridized carbons (Fsp3) is 0.312. The minimum atomic E-state index is -0.781. The summed E-state index contributed by atoms with van der Waals surface area (Å²) in [5.41, 5.74) is 2.97. The molecule has 0 saturated heterocycles. The average molecular weight is 491 g/mol. The molecule has 1 aliphatic rings. The fourth-order valence-electron chi connectivity index (χ4n) is 4.79. The first kappa shape index (κ1) is 25.8. The Morgan fingerprint density at radius 2 is 1.56 bits per heavy atom. The quantitative estimate of drug-likeness (QED) is 0.165. The molecular weight excluding hydrogens is 457 g/mol. The fourth-order valence-corrected chi connectivity index (χ4v) is 4.79. The Hall–Kier alpha value is -3.27. The molecule has 188 valence electrons. The van der Waals surface area contributed by atoms with E-state index in [2.05, 4.69) is 13.5 Å². The zero-order valence-electron chi connectivity index (χ0n) is 20.8. The van der Waals surface area contributed by atoms with Gasteiger partial charge >= 0.3 is 0 Å². The number of halogens is 3. The van der Waals surface area contributed by atoms with Crippen molar-refractivity contribution in [1.82, 2.24) is 0 Å². The molecule has 0 radical (unpaired) electrons. The summed E-state index contributed by atoms with van der Waals surface area (Å²) >= 11 is 0. The van der Waals surface area contributed by atoms with E-state index in [0.717, 1.165) is 44.1 Å². The number of ether oxygens (including phenoxy) is 1. The van der Waals surface area contributed by atoms with Crippen LogP contribution in [0.15, 0.2) is 67.3 Å². The van der Waals surface area contributed by atoms with Gasteiger partial charge in [0.25, 0.3) is 0 Å². The zero-order valence-corrected chi connectivity index (χ0v) is 20.8. The van der Waals surface area contributed by atoms with Crippen molar-refractivity contribution in [2.45, 2.75) is 51.4 Å². The third-order valence-corrected chi connectivity index (χ3v) is 7.02. The number of hydrogen-bond donors (Lipinski definition) is 0. The molecule has 4 heteroatoms. The second-order valence-corrected chi connectivity index (χ2v) is 9.71. The Morgan fingerprint density at radius 3 is 2.25 bits per heavy atom. The molecule has 3 aromatic rings. The highest BCUT2D eigenvalue weighted by Crippen LogP contribution is 2.38. The topological polar surface area (TPSA) is 9.23 Å². The van der Waals surface area contributed by atoms with Crippen molar-refractivity contribution in [2.24, 2.45) is 5.92 Å². The van der Waals surface area contributed by atoms with Crippen molar-refractivity contribution in [3.05, 3.63) is 101 Å². The van der Waals surface area contributed by atoms with Gasteiger partial charge in [-0.3, -0.25) is 0 Å². The molecule has 0 amide bonds. The van der Waals surface area contributed by atoms with E-state index in [1.165, 1.54) is 6.07 Å². The predicted octanol–water partition coefficient (Wildman–Crippen LogP) is 9.58. The Kier molecular flexibility index (Phi) is 8.69. The second kappa shape index (κ2) is 12.1. The summed E-state index contributed by atoms with van der Waals surface area (Å²) < 4.78 is 49.7. The SMILES string of the molecule is C=CCCCOc1ccc(/C=C/c2ccc(-c3ccc(C4CCC(C)CC4)c(F)c3F)cc2)cc1F. The molecule has 0 spiro atoms. The van der Waals surface area contributed by atoms with Gasteiger partial charge in [0.05, 0.1) is 6.61 Å². The minimum absolute atomic E-state index is 0.0972. The van der Waals surface area contributed by atoms with Crippen molar-refractivity contribution < 1.29 is 17.9 Å². The maximum atomic E-state index is 15.0. The van der Waals surface area contributed by atoms with Gasteiger partial charge < -0.3 is 4.74 Å². The van der Waals surface area contributed by atoms with Crippen LogP contribution in [-0.2, 0) is 0 Å². The van der Waals surface area contributed by atoms with E-state index in [1.807, 2.05) is 24.3 Å². The lowest BCUT2D eigenvalue weighted by Crippen LogP contribution is -2.13. The van der Waals surface area contributed by atoms with Crippen LogP contribution in [0, 0.1) is 23.4 Å². The van der Waals surface area contributed by atoms with Crippen molar-refractivity contribution >= 4 is 12.2 Å². The summed E-state index contributed by atoms with van der Waals surface area (Å²) in [5, 5.41) is 0. The summed E-state index contributed by atoms with van der Waals surface area (Å²) in [6.07, 6.45) is 11.0. The van der Waals surface area contributed by atoms with Crippen LogP contribution in [-0.4, -0.2) is 6.61 Å². The van der Waals surface area contributed by atoms with Crippen molar-refractivity contribution in [3.63, 3.8) is 0 Å². The van der Waals surface area contributed by atoms with E-state index in [-0.39, 0.29) is 17.2 Å². The first-order valence-electron chi connectivity index (χ1n) is 12.8. The van der Waals surface area contributed by atoms with Gasteiger partial charge in [0, 0.05) is 5.56 Å². The maximum absolute atomic E-state index is 15.0. The first-order valence-corrected chi connectivity index (χ1v) is 12.8. The molecule has 1 saturated carbocycles. The Bertz CT molecular complexity index is 1200. The normalized spacial score (nSPS) is 17.9. The predicted molar refractivity (Wildman–Crippen MR) is 142 cm³/mol. The van der Waals surface area contributed by atoms with E-state index in [1.54, 1.807) is 42.5 Å². The van der Waals surface area contributed by atoms with E-state index < -0.39 is 17.5 Å². The summed E-state index contributed by atoms with van der Waals surface area (Å²) in [7, 11) is 0. The standard InChI is InChI=1S/C32H33F3O/c1-3-4-5-20-36-30-19-12-24(21-29(30)33)9-8-23-10-15-26(16-11-23)28-18-17-27(31(34)32(28)35)25-13-6-22(2)7-14-25/h3,8-12,15-19,21-22,25H,1,4-7,13-14,20H2,2H3/b9-8+. The number of hydrogen-bond acceptors (Lipinski definition) is 1. The van der Waals surface area contributed by atoms with Gasteiger partial charge in [-0.05, 0) is 71.9 Å². The molecule has 0 heterocycles. The molecule has 0 bridgehead atoms. The molecule has 36 heavy (non-hydrogen) atoms. The molecule has 0 unspecified atom stereocenters. The highest BCUT2D eigenvalue weighted by molar-refractivity contribution is 5.72. The molecule has 1 nitrogen and oxygen atoms in total. The lowest BCUT2D eigenvalue weighted by Gasteiger charge is -2.27.